The number of carbonyl (C=O) groups is 1. The van der Waals surface area contributed by atoms with Crippen molar-refractivity contribution in [1.29, 1.82) is 0 Å². The van der Waals surface area contributed by atoms with E-state index in [4.69, 9.17) is 4.74 Å². The van der Waals surface area contributed by atoms with Crippen LogP contribution in [0.15, 0.2) is 30.3 Å². The van der Waals surface area contributed by atoms with E-state index < -0.39 is 0 Å². The lowest BCUT2D eigenvalue weighted by atomic mass is 10.1. The van der Waals surface area contributed by atoms with Gasteiger partial charge in [0.2, 0.25) is 5.91 Å². The highest BCUT2D eigenvalue weighted by Crippen LogP contribution is 2.16. The van der Waals surface area contributed by atoms with Crippen molar-refractivity contribution in [2.45, 2.75) is 25.0 Å². The third kappa shape index (κ3) is 3.05. The van der Waals surface area contributed by atoms with Gasteiger partial charge in [-0.3, -0.25) is 4.79 Å². The van der Waals surface area contributed by atoms with Crippen LogP contribution < -0.4 is 5.32 Å². The maximum Gasteiger partial charge on any atom is 0.249 e. The number of nitrogens with one attached hydrogen (secondary N) is 1. The van der Waals surface area contributed by atoms with E-state index in [0.29, 0.717) is 6.61 Å². The predicted molar refractivity (Wildman–Crippen MR) is 63.4 cm³/mol. The molecule has 0 aliphatic carbocycles. The van der Waals surface area contributed by atoms with Gasteiger partial charge in [-0.2, -0.15) is 0 Å². The summed E-state index contributed by atoms with van der Waals surface area (Å²) in [4.78, 5) is 11.8. The van der Waals surface area contributed by atoms with Crippen molar-refractivity contribution in [3.63, 3.8) is 0 Å². The topological polar surface area (TPSA) is 58.6 Å². The molecule has 0 spiro atoms. The van der Waals surface area contributed by atoms with Gasteiger partial charge in [-0.05, 0) is 18.4 Å². The summed E-state index contributed by atoms with van der Waals surface area (Å²) in [7, 11) is 0. The Morgan fingerprint density at radius 3 is 2.82 bits per heavy atom. The summed E-state index contributed by atoms with van der Waals surface area (Å²) in [6, 6.07) is 9.09. The molecule has 2 rings (SSSR count). The Morgan fingerprint density at radius 2 is 2.24 bits per heavy atom. The maximum atomic E-state index is 11.8. The zero-order chi connectivity index (χ0) is 12.1. The quantitative estimate of drug-likeness (QED) is 0.819. The number of aliphatic hydroxyl groups excluding tert-OH is 1. The lowest BCUT2D eigenvalue weighted by Crippen LogP contribution is -2.38. The molecule has 0 aromatic heterocycles. The first kappa shape index (κ1) is 12.1. The second-order valence-corrected chi connectivity index (χ2v) is 4.16. The van der Waals surface area contributed by atoms with Crippen LogP contribution in [0.4, 0.5) is 0 Å². The average molecular weight is 235 g/mol. The number of ether oxygens (including phenoxy) is 1. The molecule has 1 aliphatic rings. The Labute approximate surface area is 101 Å². The van der Waals surface area contributed by atoms with Gasteiger partial charge >= 0.3 is 0 Å². The minimum absolute atomic E-state index is 0.109. The second-order valence-electron chi connectivity index (χ2n) is 4.16. The van der Waals surface area contributed by atoms with Crippen LogP contribution in [0.5, 0.6) is 0 Å². The molecule has 0 bridgehead atoms. The van der Waals surface area contributed by atoms with Crippen molar-refractivity contribution < 1.29 is 14.6 Å². The molecule has 1 heterocycles. The molecule has 1 fully saturated rings. The van der Waals surface area contributed by atoms with Gasteiger partial charge < -0.3 is 15.2 Å². The van der Waals surface area contributed by atoms with Crippen LogP contribution in [0.3, 0.4) is 0 Å². The molecule has 1 aromatic rings. The molecule has 1 saturated heterocycles. The third-order valence-electron chi connectivity index (χ3n) is 2.92. The zero-order valence-corrected chi connectivity index (χ0v) is 9.63. The van der Waals surface area contributed by atoms with E-state index >= 15 is 0 Å². The summed E-state index contributed by atoms with van der Waals surface area (Å²) >= 11 is 0. The fourth-order valence-corrected chi connectivity index (χ4v) is 1.97. The van der Waals surface area contributed by atoms with E-state index in [1.54, 1.807) is 0 Å². The van der Waals surface area contributed by atoms with Gasteiger partial charge in [0.1, 0.15) is 6.10 Å². The smallest absolute Gasteiger partial charge is 0.249 e. The molecule has 2 unspecified atom stereocenters. The monoisotopic (exact) mass is 235 g/mol. The minimum atomic E-state index is -0.354. The van der Waals surface area contributed by atoms with Gasteiger partial charge in [-0.15, -0.1) is 0 Å². The van der Waals surface area contributed by atoms with Gasteiger partial charge in [0.15, 0.2) is 0 Å². The first-order valence-corrected chi connectivity index (χ1v) is 5.89. The number of aliphatic hydroxyl groups is 1. The van der Waals surface area contributed by atoms with Gasteiger partial charge in [-0.25, -0.2) is 0 Å². The van der Waals surface area contributed by atoms with Gasteiger partial charge in [0.05, 0.1) is 12.6 Å². The number of amides is 1. The first-order valence-electron chi connectivity index (χ1n) is 5.89. The predicted octanol–water partition coefficient (Wildman–Crippen LogP) is 1.02. The number of hydrogen-bond acceptors (Lipinski definition) is 3. The Hall–Kier alpha value is -1.39. The SMILES string of the molecule is O=C(NC(CO)c1ccccc1)C1CCCO1. The van der Waals surface area contributed by atoms with Crippen molar-refractivity contribution in [2.24, 2.45) is 0 Å². The van der Waals surface area contributed by atoms with Crippen LogP contribution >= 0.6 is 0 Å². The Kier molecular flexibility index (Phi) is 4.12. The standard InChI is InChI=1S/C13H17NO3/c15-9-11(10-5-2-1-3-6-10)14-13(16)12-7-4-8-17-12/h1-3,5-6,11-12,15H,4,7-9H2,(H,14,16). The maximum absolute atomic E-state index is 11.8. The molecule has 1 aromatic carbocycles. The first-order chi connectivity index (χ1) is 8.31. The normalized spacial score (nSPS) is 21.1. The van der Waals surface area contributed by atoms with Crippen molar-refractivity contribution in [2.75, 3.05) is 13.2 Å². The van der Waals surface area contributed by atoms with Crippen molar-refractivity contribution >= 4 is 5.91 Å². The number of rotatable bonds is 4. The molecule has 1 amide bonds. The van der Waals surface area contributed by atoms with Crippen LogP contribution in [-0.4, -0.2) is 30.3 Å². The van der Waals surface area contributed by atoms with E-state index in [1.807, 2.05) is 30.3 Å². The average Bonchev–Trinajstić information content (AvgIpc) is 2.90. The van der Waals surface area contributed by atoms with Crippen LogP contribution in [-0.2, 0) is 9.53 Å². The molecule has 0 saturated carbocycles. The highest BCUT2D eigenvalue weighted by Gasteiger charge is 2.25. The van der Waals surface area contributed by atoms with E-state index in [1.165, 1.54) is 0 Å². The van der Waals surface area contributed by atoms with E-state index in [0.717, 1.165) is 18.4 Å². The Morgan fingerprint density at radius 1 is 1.47 bits per heavy atom. The second kappa shape index (κ2) is 5.80. The van der Waals surface area contributed by atoms with Crippen molar-refractivity contribution in [3.05, 3.63) is 35.9 Å². The van der Waals surface area contributed by atoms with Crippen molar-refractivity contribution in [3.8, 4) is 0 Å². The molecule has 17 heavy (non-hydrogen) atoms. The van der Waals surface area contributed by atoms with Gasteiger partial charge in [0, 0.05) is 6.61 Å². The molecule has 2 atom stereocenters. The van der Waals surface area contributed by atoms with E-state index in [9.17, 15) is 9.90 Å². The van der Waals surface area contributed by atoms with Crippen molar-refractivity contribution in [1.82, 2.24) is 5.32 Å². The molecule has 1 aliphatic heterocycles. The molecule has 92 valence electrons. The van der Waals surface area contributed by atoms with E-state index in [2.05, 4.69) is 5.32 Å². The molecule has 2 N–H and O–H groups in total. The fraction of sp³-hybridized carbons (Fsp3) is 0.462. The molecule has 4 heteroatoms. The highest BCUT2D eigenvalue weighted by atomic mass is 16.5. The van der Waals surface area contributed by atoms with Crippen LogP contribution in [0, 0.1) is 0 Å². The van der Waals surface area contributed by atoms with Crippen LogP contribution in [0.1, 0.15) is 24.4 Å². The summed E-state index contributed by atoms with van der Waals surface area (Å²) in [5.74, 6) is -0.134. The molecular weight excluding hydrogens is 218 g/mol. The summed E-state index contributed by atoms with van der Waals surface area (Å²) in [6.07, 6.45) is 1.33. The summed E-state index contributed by atoms with van der Waals surface area (Å²) in [5, 5.41) is 12.1. The molecule has 0 radical (unpaired) electrons. The molecule has 4 nitrogen and oxygen atoms in total. The van der Waals surface area contributed by atoms with Gasteiger partial charge in [0.25, 0.3) is 0 Å². The number of benzene rings is 1. The van der Waals surface area contributed by atoms with Gasteiger partial charge in [-0.1, -0.05) is 30.3 Å². The minimum Gasteiger partial charge on any atom is -0.394 e. The lowest BCUT2D eigenvalue weighted by Gasteiger charge is -2.19. The summed E-state index contributed by atoms with van der Waals surface area (Å²) in [6.45, 7) is 0.537. The lowest BCUT2D eigenvalue weighted by molar-refractivity contribution is -0.131. The zero-order valence-electron chi connectivity index (χ0n) is 9.63. The Bertz CT molecular complexity index is 360. The highest BCUT2D eigenvalue weighted by molar-refractivity contribution is 5.81. The molecular formula is C13H17NO3. The number of hydrogen-bond donors (Lipinski definition) is 2. The van der Waals surface area contributed by atoms with Crippen LogP contribution in [0.25, 0.3) is 0 Å². The Balaban J connectivity index is 1.97. The summed E-state index contributed by atoms with van der Waals surface area (Å²) < 4.78 is 5.30. The fourth-order valence-electron chi connectivity index (χ4n) is 1.97. The number of carbonyl (C=O) groups excluding carboxylic acids is 1. The largest absolute Gasteiger partial charge is 0.394 e. The third-order valence-corrected chi connectivity index (χ3v) is 2.92. The van der Waals surface area contributed by atoms with E-state index in [-0.39, 0.29) is 24.7 Å². The van der Waals surface area contributed by atoms with Crippen LogP contribution in [0.2, 0.25) is 0 Å². The summed E-state index contributed by atoms with van der Waals surface area (Å²) in [5.41, 5.74) is 0.904.